The molecular formula is C10H11Cl2NO3. The lowest BCUT2D eigenvalue weighted by Gasteiger charge is -2.10. The maximum atomic E-state index is 11.6. The Kier molecular flexibility index (Phi) is 5.02. The van der Waals surface area contributed by atoms with Gasteiger partial charge in [-0.25, -0.2) is 0 Å². The third-order valence-corrected chi connectivity index (χ3v) is 2.53. The molecule has 0 aliphatic rings. The van der Waals surface area contributed by atoms with E-state index >= 15 is 0 Å². The van der Waals surface area contributed by atoms with E-state index in [9.17, 15) is 4.79 Å². The van der Waals surface area contributed by atoms with Crippen molar-refractivity contribution in [2.24, 2.45) is 0 Å². The van der Waals surface area contributed by atoms with Gasteiger partial charge in [0.1, 0.15) is 0 Å². The molecule has 88 valence electrons. The zero-order valence-corrected chi connectivity index (χ0v) is 9.79. The number of carbonyl (C=O) groups is 1. The van der Waals surface area contributed by atoms with Crippen molar-refractivity contribution in [3.63, 3.8) is 0 Å². The first-order valence-electron chi connectivity index (χ1n) is 4.57. The fourth-order valence-corrected chi connectivity index (χ4v) is 1.65. The van der Waals surface area contributed by atoms with Crippen molar-refractivity contribution in [1.82, 2.24) is 5.32 Å². The van der Waals surface area contributed by atoms with Gasteiger partial charge in [-0.15, -0.1) is 0 Å². The highest BCUT2D eigenvalue weighted by Crippen LogP contribution is 2.23. The van der Waals surface area contributed by atoms with Crippen molar-refractivity contribution >= 4 is 29.1 Å². The summed E-state index contributed by atoms with van der Waals surface area (Å²) in [4.78, 5) is 11.6. The van der Waals surface area contributed by atoms with Crippen LogP contribution in [0.15, 0.2) is 18.2 Å². The van der Waals surface area contributed by atoms with Gasteiger partial charge in [0.25, 0.3) is 5.91 Å². The largest absolute Gasteiger partial charge is 0.394 e. The van der Waals surface area contributed by atoms with Gasteiger partial charge in [0.15, 0.2) is 0 Å². The van der Waals surface area contributed by atoms with Crippen molar-refractivity contribution in [2.75, 3.05) is 13.2 Å². The molecule has 0 aromatic heterocycles. The van der Waals surface area contributed by atoms with E-state index in [1.807, 2.05) is 0 Å². The fraction of sp³-hybridized carbons (Fsp3) is 0.300. The molecule has 0 spiro atoms. The van der Waals surface area contributed by atoms with E-state index in [4.69, 9.17) is 33.4 Å². The zero-order valence-electron chi connectivity index (χ0n) is 8.28. The molecule has 3 N–H and O–H groups in total. The molecule has 1 amide bonds. The summed E-state index contributed by atoms with van der Waals surface area (Å²) in [6.45, 7) is -0.479. The van der Waals surface area contributed by atoms with Crippen LogP contribution in [0.25, 0.3) is 0 Å². The second-order valence-electron chi connectivity index (χ2n) is 3.14. The molecule has 0 saturated carbocycles. The van der Waals surface area contributed by atoms with E-state index in [1.165, 1.54) is 0 Å². The summed E-state index contributed by atoms with van der Waals surface area (Å²) < 4.78 is 0. The molecule has 16 heavy (non-hydrogen) atoms. The van der Waals surface area contributed by atoms with Crippen LogP contribution in [0.3, 0.4) is 0 Å². The first-order chi connectivity index (χ1) is 7.56. The van der Waals surface area contributed by atoms with E-state index in [0.29, 0.717) is 0 Å². The molecule has 0 aliphatic heterocycles. The summed E-state index contributed by atoms with van der Waals surface area (Å²) in [7, 11) is 0. The predicted octanol–water partition coefficient (Wildman–Crippen LogP) is 1.08. The minimum absolute atomic E-state index is 0.0586. The topological polar surface area (TPSA) is 69.6 Å². The summed E-state index contributed by atoms with van der Waals surface area (Å²) in [5.41, 5.74) is 0.163. The Morgan fingerprint density at radius 2 is 1.94 bits per heavy atom. The Balaban J connectivity index is 2.73. The highest BCUT2D eigenvalue weighted by molar-refractivity contribution is 6.39. The number of aliphatic hydroxyl groups is 2. The molecule has 1 aromatic rings. The predicted molar refractivity (Wildman–Crippen MR) is 61.9 cm³/mol. The number of rotatable bonds is 4. The average Bonchev–Trinajstić information content (AvgIpc) is 2.25. The average molecular weight is 264 g/mol. The number of aliphatic hydroxyl groups excluding tert-OH is 2. The van der Waals surface area contributed by atoms with Gasteiger partial charge < -0.3 is 15.5 Å². The smallest absolute Gasteiger partial charge is 0.254 e. The monoisotopic (exact) mass is 263 g/mol. The number of hydrogen-bond donors (Lipinski definition) is 3. The summed E-state index contributed by atoms with van der Waals surface area (Å²) in [5, 5.41) is 20.5. The quantitative estimate of drug-likeness (QED) is 0.762. The Morgan fingerprint density at radius 3 is 2.44 bits per heavy atom. The van der Waals surface area contributed by atoms with Crippen molar-refractivity contribution < 1.29 is 15.0 Å². The molecule has 0 bridgehead atoms. The normalized spacial score (nSPS) is 12.2. The van der Waals surface area contributed by atoms with E-state index in [2.05, 4.69) is 5.32 Å². The van der Waals surface area contributed by atoms with Gasteiger partial charge in [-0.05, 0) is 12.1 Å². The van der Waals surface area contributed by atoms with Crippen LogP contribution in [0.2, 0.25) is 10.0 Å². The van der Waals surface area contributed by atoms with Crippen LogP contribution in [0.4, 0.5) is 0 Å². The highest BCUT2D eigenvalue weighted by Gasteiger charge is 2.14. The number of halogens is 2. The molecule has 6 heteroatoms. The van der Waals surface area contributed by atoms with Crippen LogP contribution in [-0.2, 0) is 0 Å². The molecular weight excluding hydrogens is 253 g/mol. The molecule has 4 nitrogen and oxygen atoms in total. The number of benzene rings is 1. The number of amides is 1. The van der Waals surface area contributed by atoms with Crippen LogP contribution in [0, 0.1) is 0 Å². The van der Waals surface area contributed by atoms with Crippen molar-refractivity contribution in [3.05, 3.63) is 33.8 Å². The highest BCUT2D eigenvalue weighted by atomic mass is 35.5. The summed E-state index contributed by atoms with van der Waals surface area (Å²) in [6, 6.07) is 4.72. The summed E-state index contributed by atoms with van der Waals surface area (Å²) in [6.07, 6.45) is -0.995. The van der Waals surface area contributed by atoms with Crippen LogP contribution >= 0.6 is 23.2 Å². The van der Waals surface area contributed by atoms with Crippen LogP contribution < -0.4 is 5.32 Å². The number of hydrogen-bond acceptors (Lipinski definition) is 3. The van der Waals surface area contributed by atoms with E-state index in [-0.39, 0.29) is 22.2 Å². The second kappa shape index (κ2) is 6.06. The molecule has 0 aliphatic carbocycles. The van der Waals surface area contributed by atoms with Gasteiger partial charge in [-0.1, -0.05) is 29.3 Å². The van der Waals surface area contributed by atoms with Gasteiger partial charge in [0.2, 0.25) is 0 Å². The Bertz CT molecular complexity index is 364. The fourth-order valence-electron chi connectivity index (χ4n) is 1.08. The van der Waals surface area contributed by atoms with Gasteiger partial charge in [0, 0.05) is 6.54 Å². The molecule has 1 atom stereocenters. The van der Waals surface area contributed by atoms with Gasteiger partial charge in [0.05, 0.1) is 28.3 Å². The van der Waals surface area contributed by atoms with Gasteiger partial charge in [-0.2, -0.15) is 0 Å². The maximum absolute atomic E-state index is 11.6. The van der Waals surface area contributed by atoms with Crippen LogP contribution in [0.5, 0.6) is 0 Å². The standard InChI is InChI=1S/C10H11Cl2NO3/c11-7-2-1-3-8(12)9(7)10(16)13-4-6(15)5-14/h1-3,6,14-15H,4-5H2,(H,13,16). The van der Waals surface area contributed by atoms with E-state index in [0.717, 1.165) is 0 Å². The summed E-state index contributed by atoms with van der Waals surface area (Å²) in [5.74, 6) is -0.483. The van der Waals surface area contributed by atoms with Gasteiger partial charge >= 0.3 is 0 Å². The molecule has 0 saturated heterocycles. The molecule has 0 radical (unpaired) electrons. The van der Waals surface area contributed by atoms with Crippen molar-refractivity contribution in [2.45, 2.75) is 6.10 Å². The second-order valence-corrected chi connectivity index (χ2v) is 3.96. The third kappa shape index (κ3) is 3.35. The Hall–Kier alpha value is -0.810. The minimum Gasteiger partial charge on any atom is -0.394 e. The lowest BCUT2D eigenvalue weighted by Crippen LogP contribution is -2.34. The molecule has 1 unspecified atom stereocenters. The minimum atomic E-state index is -0.995. The van der Waals surface area contributed by atoms with Gasteiger partial charge in [-0.3, -0.25) is 4.79 Å². The molecule has 0 fully saturated rings. The number of nitrogens with one attached hydrogen (secondary N) is 1. The SMILES string of the molecule is O=C(NCC(O)CO)c1c(Cl)cccc1Cl. The molecule has 1 aromatic carbocycles. The van der Waals surface area contributed by atoms with E-state index < -0.39 is 18.6 Å². The van der Waals surface area contributed by atoms with Crippen LogP contribution in [0.1, 0.15) is 10.4 Å². The first-order valence-corrected chi connectivity index (χ1v) is 5.33. The molecule has 1 rings (SSSR count). The first kappa shape index (κ1) is 13.3. The van der Waals surface area contributed by atoms with E-state index in [1.54, 1.807) is 18.2 Å². The lowest BCUT2D eigenvalue weighted by molar-refractivity contribution is 0.0802. The number of carbonyl (C=O) groups excluding carboxylic acids is 1. The van der Waals surface area contributed by atoms with Crippen molar-refractivity contribution in [1.29, 1.82) is 0 Å². The van der Waals surface area contributed by atoms with Crippen LogP contribution in [-0.4, -0.2) is 35.4 Å². The third-order valence-electron chi connectivity index (χ3n) is 1.90. The Labute approximate surface area is 103 Å². The summed E-state index contributed by atoms with van der Waals surface area (Å²) >= 11 is 11.6. The zero-order chi connectivity index (χ0) is 12.1. The lowest BCUT2D eigenvalue weighted by atomic mass is 10.2. The van der Waals surface area contributed by atoms with Crippen molar-refractivity contribution in [3.8, 4) is 0 Å². The Morgan fingerprint density at radius 1 is 1.38 bits per heavy atom. The molecule has 0 heterocycles. The maximum Gasteiger partial charge on any atom is 0.254 e.